The van der Waals surface area contributed by atoms with Crippen LogP contribution in [0.4, 0.5) is 0 Å². The average molecular weight is 397 g/mol. The van der Waals surface area contributed by atoms with Gasteiger partial charge < -0.3 is 14.9 Å². The minimum atomic E-state index is -0.658. The summed E-state index contributed by atoms with van der Waals surface area (Å²) in [5, 5.41) is 22.5. The fraction of sp³-hybridized carbons (Fsp3) is 0.417. The van der Waals surface area contributed by atoms with Crippen LogP contribution >= 0.6 is 11.3 Å². The zero-order valence-electron chi connectivity index (χ0n) is 16.0. The first-order valence-corrected chi connectivity index (χ1v) is 11.0. The normalized spacial score (nSPS) is 30.9. The van der Waals surface area contributed by atoms with Crippen molar-refractivity contribution in [2.75, 3.05) is 0 Å². The highest BCUT2D eigenvalue weighted by Crippen LogP contribution is 2.40. The molecule has 2 N–H and O–H groups in total. The van der Waals surface area contributed by atoms with Gasteiger partial charge in [-0.05, 0) is 36.8 Å². The van der Waals surface area contributed by atoms with Crippen molar-refractivity contribution in [3.05, 3.63) is 71.9 Å². The monoisotopic (exact) mass is 396 g/mol. The maximum atomic E-state index is 10.7. The summed E-state index contributed by atoms with van der Waals surface area (Å²) in [7, 11) is 0. The van der Waals surface area contributed by atoms with Crippen LogP contribution in [0.15, 0.2) is 67.0 Å². The van der Waals surface area contributed by atoms with Crippen LogP contribution in [0.1, 0.15) is 43.1 Å². The van der Waals surface area contributed by atoms with E-state index in [-0.39, 0.29) is 17.9 Å². The highest BCUT2D eigenvalue weighted by atomic mass is 32.1. The molecule has 1 aromatic heterocycles. The van der Waals surface area contributed by atoms with Crippen molar-refractivity contribution >= 4 is 21.4 Å². The Hall–Kier alpha value is -1.88. The molecule has 2 aliphatic rings. The summed E-state index contributed by atoms with van der Waals surface area (Å²) < 4.78 is 7.28. The van der Waals surface area contributed by atoms with E-state index in [1.807, 2.05) is 30.4 Å². The molecule has 28 heavy (non-hydrogen) atoms. The summed E-state index contributed by atoms with van der Waals surface area (Å²) >= 11 is 1.61. The Bertz CT molecular complexity index is 848. The molecule has 1 aliphatic heterocycles. The maximum absolute atomic E-state index is 10.7. The van der Waals surface area contributed by atoms with E-state index in [1.165, 1.54) is 4.70 Å². The van der Waals surface area contributed by atoms with E-state index in [9.17, 15) is 10.2 Å². The number of allylic oxidation sites excluding steroid dienone is 3. The SMILES string of the molecule is C=C1CCC/C=C\C[C@@H]2[C@@H](/C=C/[C@@H](O)c3cc4ccccc4s3)[C@H](O)C[C@@H]2O1. The first-order chi connectivity index (χ1) is 13.6. The number of rotatable bonds is 3. The van der Waals surface area contributed by atoms with Gasteiger partial charge >= 0.3 is 0 Å². The highest BCUT2D eigenvalue weighted by molar-refractivity contribution is 7.19. The Labute approximate surface area is 170 Å². The summed E-state index contributed by atoms with van der Waals surface area (Å²) in [6, 6.07) is 10.2. The number of aliphatic hydroxyl groups excluding tert-OH is 2. The van der Waals surface area contributed by atoms with Gasteiger partial charge in [0.2, 0.25) is 0 Å². The topological polar surface area (TPSA) is 49.7 Å². The predicted molar refractivity (Wildman–Crippen MR) is 115 cm³/mol. The first kappa shape index (κ1) is 19.4. The van der Waals surface area contributed by atoms with Crippen LogP contribution in [0.3, 0.4) is 0 Å². The van der Waals surface area contributed by atoms with Crippen LogP contribution in [0.5, 0.6) is 0 Å². The lowest BCUT2D eigenvalue weighted by atomic mass is 9.89. The second-order valence-corrected chi connectivity index (χ2v) is 8.97. The van der Waals surface area contributed by atoms with E-state index in [0.29, 0.717) is 6.42 Å². The maximum Gasteiger partial charge on any atom is 0.106 e. The van der Waals surface area contributed by atoms with Crippen LogP contribution in [-0.2, 0) is 4.74 Å². The molecule has 2 heterocycles. The fourth-order valence-electron chi connectivity index (χ4n) is 4.36. The van der Waals surface area contributed by atoms with E-state index < -0.39 is 12.2 Å². The molecule has 0 radical (unpaired) electrons. The molecule has 0 amide bonds. The third-order valence-electron chi connectivity index (χ3n) is 5.86. The van der Waals surface area contributed by atoms with Gasteiger partial charge in [0.15, 0.2) is 0 Å². The summed E-state index contributed by atoms with van der Waals surface area (Å²) in [6.45, 7) is 4.05. The molecular formula is C24H28O3S. The fourth-order valence-corrected chi connectivity index (χ4v) is 5.39. The highest BCUT2D eigenvalue weighted by Gasteiger charge is 2.42. The second kappa shape index (κ2) is 8.64. The van der Waals surface area contributed by atoms with Gasteiger partial charge in [0.1, 0.15) is 12.2 Å². The zero-order chi connectivity index (χ0) is 19.5. The van der Waals surface area contributed by atoms with Crippen LogP contribution in [0, 0.1) is 11.8 Å². The van der Waals surface area contributed by atoms with E-state index in [2.05, 4.69) is 30.9 Å². The number of aliphatic hydroxyl groups is 2. The molecular weight excluding hydrogens is 368 g/mol. The van der Waals surface area contributed by atoms with Gasteiger partial charge in [-0.25, -0.2) is 0 Å². The first-order valence-electron chi connectivity index (χ1n) is 10.1. The van der Waals surface area contributed by atoms with Crippen molar-refractivity contribution < 1.29 is 14.9 Å². The predicted octanol–water partition coefficient (Wildman–Crippen LogP) is 5.52. The molecule has 0 unspecified atom stereocenters. The number of fused-ring (bicyclic) bond motifs is 2. The summed E-state index contributed by atoms with van der Waals surface area (Å²) in [4.78, 5) is 0.928. The van der Waals surface area contributed by atoms with Gasteiger partial charge in [-0.2, -0.15) is 0 Å². The second-order valence-electron chi connectivity index (χ2n) is 7.85. The Morgan fingerprint density at radius 2 is 2.11 bits per heavy atom. The van der Waals surface area contributed by atoms with Crippen molar-refractivity contribution in [2.45, 2.75) is 50.4 Å². The van der Waals surface area contributed by atoms with Crippen LogP contribution < -0.4 is 0 Å². The Balaban J connectivity index is 1.51. The van der Waals surface area contributed by atoms with Gasteiger partial charge in [0.05, 0.1) is 11.9 Å². The largest absolute Gasteiger partial charge is 0.495 e. The molecule has 5 atom stereocenters. The smallest absolute Gasteiger partial charge is 0.106 e. The van der Waals surface area contributed by atoms with Crippen LogP contribution in [0.2, 0.25) is 0 Å². The molecule has 3 nitrogen and oxygen atoms in total. The van der Waals surface area contributed by atoms with Crippen molar-refractivity contribution in [2.24, 2.45) is 11.8 Å². The number of hydrogen-bond acceptors (Lipinski definition) is 4. The van der Waals surface area contributed by atoms with Gasteiger partial charge in [-0.15, -0.1) is 11.3 Å². The van der Waals surface area contributed by atoms with Gasteiger partial charge in [-0.1, -0.05) is 49.1 Å². The lowest BCUT2D eigenvalue weighted by Crippen LogP contribution is -2.22. The summed E-state index contributed by atoms with van der Waals surface area (Å²) in [6.07, 6.45) is 11.6. The third kappa shape index (κ3) is 4.24. The van der Waals surface area contributed by atoms with E-state index >= 15 is 0 Å². The van der Waals surface area contributed by atoms with E-state index in [4.69, 9.17) is 4.74 Å². The molecule has 2 aromatic rings. The number of ether oxygens (including phenoxy) is 1. The quantitative estimate of drug-likeness (QED) is 0.672. The molecule has 1 fully saturated rings. The molecule has 0 bridgehead atoms. The molecule has 0 saturated heterocycles. The van der Waals surface area contributed by atoms with Crippen molar-refractivity contribution in [1.29, 1.82) is 0 Å². The van der Waals surface area contributed by atoms with Crippen LogP contribution in [0.25, 0.3) is 10.1 Å². The van der Waals surface area contributed by atoms with E-state index in [0.717, 1.165) is 41.7 Å². The van der Waals surface area contributed by atoms with Gasteiger partial charge in [0, 0.05) is 34.3 Å². The molecule has 1 aromatic carbocycles. The van der Waals surface area contributed by atoms with Gasteiger partial charge in [-0.3, -0.25) is 0 Å². The molecule has 1 saturated carbocycles. The molecule has 1 aliphatic carbocycles. The Morgan fingerprint density at radius 1 is 1.25 bits per heavy atom. The van der Waals surface area contributed by atoms with Gasteiger partial charge in [0.25, 0.3) is 0 Å². The standard InChI is InChI=1S/C24H28O3S/c1-16-8-4-2-3-5-10-19-18(21(26)15-22(19)27-16)12-13-20(25)24-14-17-9-6-7-11-23(17)28-24/h3,5-7,9,11-14,18-22,25-26H,1-2,4,8,10,15H2/b5-3-,13-12+/t18-,19-,20-,21-,22+/m1/s1. The Kier molecular flexibility index (Phi) is 6.00. The lowest BCUT2D eigenvalue weighted by molar-refractivity contribution is 0.0698. The summed E-state index contributed by atoms with van der Waals surface area (Å²) in [5.41, 5.74) is 0. The molecule has 4 heteroatoms. The molecule has 148 valence electrons. The zero-order valence-corrected chi connectivity index (χ0v) is 16.9. The number of thiophene rings is 1. The number of hydrogen-bond donors (Lipinski definition) is 2. The number of benzene rings is 1. The van der Waals surface area contributed by atoms with E-state index in [1.54, 1.807) is 11.3 Å². The average Bonchev–Trinajstić information content (AvgIpc) is 3.24. The summed E-state index contributed by atoms with van der Waals surface area (Å²) in [5.74, 6) is 1.00. The third-order valence-corrected chi connectivity index (χ3v) is 7.05. The lowest BCUT2D eigenvalue weighted by Gasteiger charge is -2.25. The van der Waals surface area contributed by atoms with Crippen molar-refractivity contribution in [3.63, 3.8) is 0 Å². The minimum Gasteiger partial charge on any atom is -0.495 e. The van der Waals surface area contributed by atoms with Crippen molar-refractivity contribution in [3.8, 4) is 0 Å². The Morgan fingerprint density at radius 3 is 2.96 bits per heavy atom. The minimum absolute atomic E-state index is 0.0126. The molecule has 0 spiro atoms. The molecule has 4 rings (SSSR count). The van der Waals surface area contributed by atoms with Crippen LogP contribution in [-0.4, -0.2) is 22.4 Å². The van der Waals surface area contributed by atoms with Crippen molar-refractivity contribution in [1.82, 2.24) is 0 Å².